The Morgan fingerprint density at radius 2 is 1.68 bits per heavy atom. The van der Waals surface area contributed by atoms with Gasteiger partial charge in [0.1, 0.15) is 0 Å². The van der Waals surface area contributed by atoms with E-state index in [1.807, 2.05) is 45.0 Å². The van der Waals surface area contributed by atoms with Gasteiger partial charge in [-0.2, -0.15) is 5.10 Å². The second kappa shape index (κ2) is 8.06. The fourth-order valence-corrected chi connectivity index (χ4v) is 3.58. The lowest BCUT2D eigenvalue weighted by Crippen LogP contribution is -2.31. The molecule has 158 valence electrons. The number of hydrogen-bond donors (Lipinski definition) is 2. The number of benzene rings is 2. The van der Waals surface area contributed by atoms with Crippen molar-refractivity contribution in [2.45, 2.75) is 33.7 Å². The topological polar surface area (TPSA) is 102 Å². The molecule has 0 atom stereocenters. The van der Waals surface area contributed by atoms with E-state index >= 15 is 0 Å². The molecule has 0 radical (unpaired) electrons. The van der Waals surface area contributed by atoms with Crippen LogP contribution in [0.4, 0.5) is 5.69 Å². The van der Waals surface area contributed by atoms with Crippen LogP contribution in [0.5, 0.6) is 0 Å². The standard InChI is InChI=1S/C23H23N5O3/c1-14-8-10-17(11-9-14)28-16(3)21(15(2)25-28)24-20(29)12-13-27-23(31)19-7-5-4-6-18(19)22(30)26-27/h4-11H,12-13H2,1-3H3,(H,24,29)(H,26,30). The number of H-pyrrole nitrogens is 1. The zero-order valence-corrected chi connectivity index (χ0v) is 17.6. The van der Waals surface area contributed by atoms with Crippen LogP contribution in [0.2, 0.25) is 0 Å². The number of anilines is 1. The largest absolute Gasteiger partial charge is 0.323 e. The van der Waals surface area contributed by atoms with Crippen LogP contribution in [0.3, 0.4) is 0 Å². The number of aromatic amines is 1. The Labute approximate surface area is 178 Å². The highest BCUT2D eigenvalue weighted by atomic mass is 16.2. The van der Waals surface area contributed by atoms with Crippen LogP contribution in [-0.2, 0) is 11.3 Å². The predicted octanol–water partition coefficient (Wildman–Crippen LogP) is 2.83. The average Bonchev–Trinajstić information content (AvgIpc) is 3.04. The summed E-state index contributed by atoms with van der Waals surface area (Å²) in [6.45, 7) is 5.80. The zero-order chi connectivity index (χ0) is 22.1. The van der Waals surface area contributed by atoms with Gasteiger partial charge in [0.2, 0.25) is 5.91 Å². The lowest BCUT2D eigenvalue weighted by Gasteiger charge is -2.09. The van der Waals surface area contributed by atoms with E-state index in [9.17, 15) is 14.4 Å². The molecule has 0 spiro atoms. The molecule has 8 heteroatoms. The molecular weight excluding hydrogens is 394 g/mol. The van der Waals surface area contributed by atoms with Gasteiger partial charge in [-0.05, 0) is 45.0 Å². The molecule has 2 aromatic carbocycles. The Hall–Kier alpha value is -3.94. The molecule has 1 amide bonds. The third kappa shape index (κ3) is 3.92. The van der Waals surface area contributed by atoms with E-state index < -0.39 is 0 Å². The fourth-order valence-electron chi connectivity index (χ4n) is 3.58. The highest BCUT2D eigenvalue weighted by Crippen LogP contribution is 2.23. The number of rotatable bonds is 5. The van der Waals surface area contributed by atoms with Gasteiger partial charge in [-0.25, -0.2) is 9.36 Å². The number of aryl methyl sites for hydroxylation is 3. The van der Waals surface area contributed by atoms with Gasteiger partial charge < -0.3 is 5.32 Å². The van der Waals surface area contributed by atoms with Crippen molar-refractivity contribution < 1.29 is 4.79 Å². The summed E-state index contributed by atoms with van der Waals surface area (Å²) in [6.07, 6.45) is 0.0305. The number of aromatic nitrogens is 4. The molecule has 4 aromatic rings. The quantitative estimate of drug-likeness (QED) is 0.521. The summed E-state index contributed by atoms with van der Waals surface area (Å²) in [6, 6.07) is 14.6. The number of carbonyl (C=O) groups is 1. The van der Waals surface area contributed by atoms with E-state index in [0.29, 0.717) is 22.2 Å². The van der Waals surface area contributed by atoms with Gasteiger partial charge in [0.25, 0.3) is 11.1 Å². The maximum Gasteiger partial charge on any atom is 0.273 e. The highest BCUT2D eigenvalue weighted by Gasteiger charge is 2.16. The summed E-state index contributed by atoms with van der Waals surface area (Å²) < 4.78 is 2.97. The molecule has 2 heterocycles. The van der Waals surface area contributed by atoms with Gasteiger partial charge in [-0.3, -0.25) is 19.5 Å². The molecule has 31 heavy (non-hydrogen) atoms. The predicted molar refractivity (Wildman–Crippen MR) is 120 cm³/mol. The second-order valence-electron chi connectivity index (χ2n) is 7.53. The molecule has 0 fully saturated rings. The molecule has 4 rings (SSSR count). The fraction of sp³-hybridized carbons (Fsp3) is 0.217. The lowest BCUT2D eigenvalue weighted by molar-refractivity contribution is -0.116. The summed E-state index contributed by atoms with van der Waals surface area (Å²) in [5.74, 6) is -0.268. The van der Waals surface area contributed by atoms with E-state index in [2.05, 4.69) is 15.5 Å². The molecule has 0 saturated carbocycles. The van der Waals surface area contributed by atoms with E-state index in [0.717, 1.165) is 16.9 Å². The van der Waals surface area contributed by atoms with Gasteiger partial charge in [0.15, 0.2) is 0 Å². The van der Waals surface area contributed by atoms with Gasteiger partial charge in [-0.15, -0.1) is 0 Å². The van der Waals surface area contributed by atoms with Gasteiger partial charge in [-0.1, -0.05) is 29.8 Å². The number of amides is 1. The number of nitrogens with zero attached hydrogens (tertiary/aromatic N) is 3. The van der Waals surface area contributed by atoms with Crippen LogP contribution in [0.25, 0.3) is 16.5 Å². The molecular formula is C23H23N5O3. The Bertz CT molecular complexity index is 1390. The van der Waals surface area contributed by atoms with Crippen molar-refractivity contribution in [1.82, 2.24) is 19.6 Å². The maximum absolute atomic E-state index is 12.6. The highest BCUT2D eigenvalue weighted by molar-refractivity contribution is 5.92. The van der Waals surface area contributed by atoms with Crippen LogP contribution in [0, 0.1) is 20.8 Å². The van der Waals surface area contributed by atoms with E-state index in [1.165, 1.54) is 4.68 Å². The number of fused-ring (bicyclic) bond motifs is 1. The summed E-state index contributed by atoms with van der Waals surface area (Å²) in [5.41, 5.74) is 3.52. The molecule has 0 bridgehead atoms. The average molecular weight is 417 g/mol. The second-order valence-corrected chi connectivity index (χ2v) is 7.53. The monoisotopic (exact) mass is 417 g/mol. The Morgan fingerprint density at radius 1 is 1.00 bits per heavy atom. The van der Waals surface area contributed by atoms with E-state index in [1.54, 1.807) is 28.9 Å². The first kappa shape index (κ1) is 20.3. The Morgan fingerprint density at radius 3 is 2.39 bits per heavy atom. The third-order valence-electron chi connectivity index (χ3n) is 5.28. The van der Waals surface area contributed by atoms with Crippen molar-refractivity contribution in [2.24, 2.45) is 0 Å². The first-order chi connectivity index (χ1) is 14.8. The summed E-state index contributed by atoms with van der Waals surface area (Å²) >= 11 is 0. The van der Waals surface area contributed by atoms with Crippen LogP contribution in [-0.4, -0.2) is 25.5 Å². The molecule has 0 aliphatic carbocycles. The maximum atomic E-state index is 12.6. The molecule has 0 saturated heterocycles. The molecule has 8 nitrogen and oxygen atoms in total. The molecule has 0 aliphatic heterocycles. The number of carbonyl (C=O) groups excluding carboxylic acids is 1. The van der Waals surface area contributed by atoms with Crippen molar-refractivity contribution in [2.75, 3.05) is 5.32 Å². The minimum Gasteiger partial charge on any atom is -0.323 e. The molecule has 2 aromatic heterocycles. The zero-order valence-electron chi connectivity index (χ0n) is 17.6. The SMILES string of the molecule is Cc1ccc(-n2nc(C)c(NC(=O)CCn3[nH]c(=O)c4ccccc4c3=O)c2C)cc1. The van der Waals surface area contributed by atoms with Crippen molar-refractivity contribution in [3.05, 3.63) is 86.2 Å². The molecule has 0 unspecified atom stereocenters. The summed E-state index contributed by atoms with van der Waals surface area (Å²) in [4.78, 5) is 37.4. The summed E-state index contributed by atoms with van der Waals surface area (Å²) in [7, 11) is 0. The van der Waals surface area contributed by atoms with Gasteiger partial charge in [0.05, 0.1) is 40.1 Å². The minimum atomic E-state index is -0.360. The van der Waals surface area contributed by atoms with E-state index in [4.69, 9.17) is 0 Å². The van der Waals surface area contributed by atoms with Crippen LogP contribution in [0.15, 0.2) is 58.1 Å². The lowest BCUT2D eigenvalue weighted by atomic mass is 10.2. The Balaban J connectivity index is 1.52. The number of nitrogens with one attached hydrogen (secondary N) is 2. The van der Waals surface area contributed by atoms with Crippen molar-refractivity contribution in [3.63, 3.8) is 0 Å². The normalized spacial score (nSPS) is 11.1. The smallest absolute Gasteiger partial charge is 0.273 e. The Kier molecular flexibility index (Phi) is 5.29. The van der Waals surface area contributed by atoms with Gasteiger partial charge in [0, 0.05) is 6.42 Å². The molecule has 2 N–H and O–H groups in total. The third-order valence-corrected chi connectivity index (χ3v) is 5.28. The van der Waals surface area contributed by atoms with Crippen LogP contribution in [0.1, 0.15) is 23.4 Å². The van der Waals surface area contributed by atoms with Crippen molar-refractivity contribution in [3.8, 4) is 5.69 Å². The summed E-state index contributed by atoms with van der Waals surface area (Å²) in [5, 5.41) is 10.6. The van der Waals surface area contributed by atoms with Crippen molar-refractivity contribution in [1.29, 1.82) is 0 Å². The van der Waals surface area contributed by atoms with E-state index in [-0.39, 0.29) is 30.0 Å². The number of hydrogen-bond acceptors (Lipinski definition) is 4. The molecule has 0 aliphatic rings. The van der Waals surface area contributed by atoms with Crippen LogP contribution >= 0.6 is 0 Å². The first-order valence-electron chi connectivity index (χ1n) is 10.00. The van der Waals surface area contributed by atoms with Crippen molar-refractivity contribution >= 4 is 22.4 Å². The minimum absolute atomic E-state index is 0.0305. The first-order valence-corrected chi connectivity index (χ1v) is 10.00. The van der Waals surface area contributed by atoms with Gasteiger partial charge >= 0.3 is 0 Å². The van der Waals surface area contributed by atoms with Crippen LogP contribution < -0.4 is 16.4 Å².